The van der Waals surface area contributed by atoms with Crippen LogP contribution in [0.1, 0.15) is 156 Å². The summed E-state index contributed by atoms with van der Waals surface area (Å²) in [5, 5.41) is 3.93. The van der Waals surface area contributed by atoms with Crippen molar-refractivity contribution in [3.05, 3.63) is 0 Å². The van der Waals surface area contributed by atoms with Crippen molar-refractivity contribution in [2.45, 2.75) is 156 Å². The summed E-state index contributed by atoms with van der Waals surface area (Å²) in [6.45, 7) is 11.9. The van der Waals surface area contributed by atoms with E-state index >= 15 is 0 Å². The van der Waals surface area contributed by atoms with Crippen LogP contribution in [-0.4, -0.2) is 13.1 Å². The van der Waals surface area contributed by atoms with Gasteiger partial charge in [0.05, 0.1) is 0 Å². The van der Waals surface area contributed by atoms with Crippen molar-refractivity contribution in [1.82, 2.24) is 5.32 Å². The molecule has 2 atom stereocenters. The van der Waals surface area contributed by atoms with Crippen LogP contribution in [0.3, 0.4) is 0 Å². The Hall–Kier alpha value is -0.0400. The van der Waals surface area contributed by atoms with E-state index in [4.69, 9.17) is 0 Å². The molecule has 0 fully saturated rings. The van der Waals surface area contributed by atoms with Crippen molar-refractivity contribution in [2.75, 3.05) is 13.1 Å². The van der Waals surface area contributed by atoms with Crippen molar-refractivity contribution < 1.29 is 0 Å². The first-order valence-corrected chi connectivity index (χ1v) is 14.0. The molecule has 0 radical (unpaired) electrons. The molecule has 0 aliphatic carbocycles. The van der Waals surface area contributed by atoms with E-state index in [1.54, 1.807) is 0 Å². The van der Waals surface area contributed by atoms with Gasteiger partial charge in [-0.1, -0.05) is 130 Å². The van der Waals surface area contributed by atoms with Gasteiger partial charge in [-0.25, -0.2) is 0 Å². The first-order valence-electron chi connectivity index (χ1n) is 14.0. The minimum Gasteiger partial charge on any atom is -0.316 e. The summed E-state index contributed by atoms with van der Waals surface area (Å²) >= 11 is 0. The zero-order valence-electron chi connectivity index (χ0n) is 21.2. The molecule has 0 heterocycles. The van der Waals surface area contributed by atoms with E-state index in [-0.39, 0.29) is 0 Å². The molecular weight excluding hydrogens is 350 g/mol. The van der Waals surface area contributed by atoms with E-state index in [0.29, 0.717) is 0 Å². The highest BCUT2D eigenvalue weighted by Gasteiger charge is 2.11. The molecule has 0 amide bonds. The molecule has 0 bridgehead atoms. The minimum absolute atomic E-state index is 0.919. The van der Waals surface area contributed by atoms with E-state index in [1.807, 2.05) is 0 Å². The molecule has 0 rings (SSSR count). The van der Waals surface area contributed by atoms with Crippen molar-refractivity contribution >= 4 is 0 Å². The maximum absolute atomic E-state index is 3.93. The van der Waals surface area contributed by atoms with Gasteiger partial charge in [-0.3, -0.25) is 0 Å². The monoisotopic (exact) mass is 409 g/mol. The molecule has 0 spiro atoms. The fourth-order valence-electron chi connectivity index (χ4n) is 4.60. The summed E-state index contributed by atoms with van der Waals surface area (Å²) in [4.78, 5) is 0. The molecule has 0 aliphatic heterocycles. The fourth-order valence-corrected chi connectivity index (χ4v) is 4.60. The Labute approximate surface area is 186 Å². The molecule has 1 nitrogen and oxygen atoms in total. The van der Waals surface area contributed by atoms with Crippen LogP contribution in [-0.2, 0) is 0 Å². The van der Waals surface area contributed by atoms with Gasteiger partial charge in [0.1, 0.15) is 0 Å². The summed E-state index contributed by atoms with van der Waals surface area (Å²) in [5.41, 5.74) is 0. The lowest BCUT2D eigenvalue weighted by atomic mass is 9.93. The molecule has 0 aromatic carbocycles. The summed E-state index contributed by atoms with van der Waals surface area (Å²) < 4.78 is 0. The van der Waals surface area contributed by atoms with E-state index < -0.39 is 0 Å². The van der Waals surface area contributed by atoms with Crippen LogP contribution in [0, 0.1) is 11.8 Å². The molecule has 0 aromatic heterocycles. The third-order valence-electron chi connectivity index (χ3n) is 6.73. The lowest BCUT2D eigenvalue weighted by molar-refractivity contribution is 0.345. The van der Waals surface area contributed by atoms with Gasteiger partial charge in [0.15, 0.2) is 0 Å². The fraction of sp³-hybridized carbons (Fsp3) is 1.00. The van der Waals surface area contributed by atoms with Crippen LogP contribution in [0.4, 0.5) is 0 Å². The molecule has 0 aliphatic rings. The SMILES string of the molecule is CCCCCCCCC(CCCC)CNCC(CCCC)CCCCCCCC. The molecule has 0 aromatic rings. The molecule has 0 saturated heterocycles. The highest BCUT2D eigenvalue weighted by molar-refractivity contribution is 4.68. The Morgan fingerprint density at radius 3 is 1.07 bits per heavy atom. The third kappa shape index (κ3) is 21.0. The van der Waals surface area contributed by atoms with Crippen molar-refractivity contribution in [2.24, 2.45) is 11.8 Å². The first kappa shape index (κ1) is 29.0. The maximum Gasteiger partial charge on any atom is -0.00204 e. The molecule has 1 heteroatoms. The zero-order valence-corrected chi connectivity index (χ0v) is 21.2. The molecule has 0 saturated carbocycles. The van der Waals surface area contributed by atoms with Gasteiger partial charge in [0.25, 0.3) is 0 Å². The van der Waals surface area contributed by atoms with Gasteiger partial charge < -0.3 is 5.32 Å². The molecule has 1 N–H and O–H groups in total. The average Bonchev–Trinajstić information content (AvgIpc) is 2.73. The Morgan fingerprint density at radius 1 is 0.379 bits per heavy atom. The average molecular weight is 410 g/mol. The molecule has 29 heavy (non-hydrogen) atoms. The second-order valence-corrected chi connectivity index (χ2v) is 9.79. The second-order valence-electron chi connectivity index (χ2n) is 9.79. The summed E-state index contributed by atoms with van der Waals surface area (Å²) in [6, 6.07) is 0. The van der Waals surface area contributed by atoms with Crippen LogP contribution in [0.2, 0.25) is 0 Å². The Morgan fingerprint density at radius 2 is 0.690 bits per heavy atom. The Bertz CT molecular complexity index is 260. The predicted octanol–water partition coefficient (Wildman–Crippen LogP) is 9.69. The third-order valence-corrected chi connectivity index (χ3v) is 6.73. The number of hydrogen-bond acceptors (Lipinski definition) is 1. The number of nitrogens with one attached hydrogen (secondary N) is 1. The van der Waals surface area contributed by atoms with Gasteiger partial charge in [0, 0.05) is 0 Å². The van der Waals surface area contributed by atoms with Crippen LogP contribution < -0.4 is 5.32 Å². The Kier molecular flexibility index (Phi) is 24.2. The molecule has 2 unspecified atom stereocenters. The van der Waals surface area contributed by atoms with Gasteiger partial charge in [-0.2, -0.15) is 0 Å². The smallest absolute Gasteiger partial charge is 0.00204 e. The van der Waals surface area contributed by atoms with E-state index in [0.717, 1.165) is 11.8 Å². The molecule has 176 valence electrons. The predicted molar refractivity (Wildman–Crippen MR) is 135 cm³/mol. The molecular formula is C28H59N. The van der Waals surface area contributed by atoms with Gasteiger partial charge in [-0.15, -0.1) is 0 Å². The van der Waals surface area contributed by atoms with Crippen molar-refractivity contribution in [1.29, 1.82) is 0 Å². The quantitative estimate of drug-likeness (QED) is 0.156. The normalized spacial score (nSPS) is 13.7. The van der Waals surface area contributed by atoms with Crippen molar-refractivity contribution in [3.8, 4) is 0 Å². The maximum atomic E-state index is 3.93. The van der Waals surface area contributed by atoms with E-state index in [9.17, 15) is 0 Å². The van der Waals surface area contributed by atoms with Gasteiger partial charge in [-0.05, 0) is 50.6 Å². The van der Waals surface area contributed by atoms with Crippen LogP contribution in [0.15, 0.2) is 0 Å². The van der Waals surface area contributed by atoms with Gasteiger partial charge in [0.2, 0.25) is 0 Å². The number of rotatable bonds is 24. The highest BCUT2D eigenvalue weighted by atomic mass is 14.9. The second kappa shape index (κ2) is 24.2. The summed E-state index contributed by atoms with van der Waals surface area (Å²) in [7, 11) is 0. The van der Waals surface area contributed by atoms with E-state index in [1.165, 1.54) is 142 Å². The standard InChI is InChI=1S/C28H59N/c1-5-9-13-15-17-19-23-27(21-11-7-3)25-29-26-28(22-12-8-4)24-20-18-16-14-10-6-2/h27-29H,5-26H2,1-4H3. The highest BCUT2D eigenvalue weighted by Crippen LogP contribution is 2.20. The van der Waals surface area contributed by atoms with Crippen molar-refractivity contribution in [3.63, 3.8) is 0 Å². The Balaban J connectivity index is 4.06. The number of hydrogen-bond donors (Lipinski definition) is 1. The minimum atomic E-state index is 0.919. The first-order chi connectivity index (χ1) is 14.3. The van der Waals surface area contributed by atoms with Crippen LogP contribution in [0.5, 0.6) is 0 Å². The summed E-state index contributed by atoms with van der Waals surface area (Å²) in [6.07, 6.45) is 28.5. The lowest BCUT2D eigenvalue weighted by Gasteiger charge is -2.21. The summed E-state index contributed by atoms with van der Waals surface area (Å²) in [5.74, 6) is 1.84. The zero-order chi connectivity index (χ0) is 21.4. The van der Waals surface area contributed by atoms with E-state index in [2.05, 4.69) is 33.0 Å². The van der Waals surface area contributed by atoms with Crippen LogP contribution in [0.25, 0.3) is 0 Å². The largest absolute Gasteiger partial charge is 0.316 e. The van der Waals surface area contributed by atoms with Crippen LogP contribution >= 0.6 is 0 Å². The number of unbranched alkanes of at least 4 members (excludes halogenated alkanes) is 12. The van der Waals surface area contributed by atoms with Gasteiger partial charge >= 0.3 is 0 Å². The topological polar surface area (TPSA) is 12.0 Å². The lowest BCUT2D eigenvalue weighted by Crippen LogP contribution is -2.28.